The molecule has 3 rings (SSSR count). The molecule has 1 aromatic heterocycles. The summed E-state index contributed by atoms with van der Waals surface area (Å²) in [5, 5.41) is 3.71. The van der Waals surface area contributed by atoms with E-state index in [1.807, 2.05) is 44.2 Å². The zero-order valence-electron chi connectivity index (χ0n) is 15.7. The van der Waals surface area contributed by atoms with E-state index in [1.165, 1.54) is 0 Å². The van der Waals surface area contributed by atoms with Crippen LogP contribution in [0.5, 0.6) is 0 Å². The Labute approximate surface area is 164 Å². The van der Waals surface area contributed by atoms with Crippen molar-refractivity contribution in [2.45, 2.75) is 39.7 Å². The van der Waals surface area contributed by atoms with E-state index in [1.54, 1.807) is 11.1 Å². The van der Waals surface area contributed by atoms with Crippen LogP contribution in [0.2, 0.25) is 5.02 Å². The Morgan fingerprint density at radius 2 is 2.07 bits per heavy atom. The minimum absolute atomic E-state index is 0.0154. The number of aryl methyl sites for hydroxylation is 1. The Hall–Kier alpha value is -2.40. The van der Waals surface area contributed by atoms with Crippen LogP contribution >= 0.6 is 11.6 Å². The summed E-state index contributed by atoms with van der Waals surface area (Å²) in [7, 11) is 0. The number of likely N-dealkylation sites (tertiary alicyclic amines) is 1. The van der Waals surface area contributed by atoms with Crippen molar-refractivity contribution in [3.63, 3.8) is 0 Å². The molecule has 1 atom stereocenters. The van der Waals surface area contributed by atoms with E-state index in [-0.39, 0.29) is 24.2 Å². The van der Waals surface area contributed by atoms with E-state index >= 15 is 0 Å². The Morgan fingerprint density at radius 3 is 2.74 bits per heavy atom. The summed E-state index contributed by atoms with van der Waals surface area (Å²) in [6.45, 7) is 4.90. The molecule has 2 aromatic rings. The number of rotatable bonds is 6. The third kappa shape index (κ3) is 4.30. The Kier molecular flexibility index (Phi) is 6.11. The molecule has 0 aliphatic carbocycles. The minimum atomic E-state index is -0.366. The molecular weight excluding hydrogens is 362 g/mol. The fourth-order valence-corrected chi connectivity index (χ4v) is 3.77. The first-order chi connectivity index (χ1) is 13.0. The van der Waals surface area contributed by atoms with Crippen LogP contribution in [-0.2, 0) is 29.0 Å². The smallest absolute Gasteiger partial charge is 0.229 e. The Balaban J connectivity index is 1.72. The lowest BCUT2D eigenvalue weighted by Gasteiger charge is -2.19. The molecular formula is C21H24ClN3O2. The van der Waals surface area contributed by atoms with Gasteiger partial charge in [0.05, 0.1) is 18.2 Å². The van der Waals surface area contributed by atoms with E-state index in [0.29, 0.717) is 18.1 Å². The second kappa shape index (κ2) is 8.53. The van der Waals surface area contributed by atoms with Crippen LogP contribution in [0.15, 0.2) is 36.5 Å². The Morgan fingerprint density at radius 1 is 1.26 bits per heavy atom. The summed E-state index contributed by atoms with van der Waals surface area (Å²) >= 11 is 6.32. The van der Waals surface area contributed by atoms with Crippen molar-refractivity contribution in [3.05, 3.63) is 58.4 Å². The number of halogens is 1. The number of hydrogen-bond acceptors (Lipinski definition) is 3. The second-order valence-corrected chi connectivity index (χ2v) is 7.16. The highest BCUT2D eigenvalue weighted by atomic mass is 35.5. The highest BCUT2D eigenvalue weighted by Gasteiger charge is 2.34. The molecule has 5 nitrogen and oxygen atoms in total. The summed E-state index contributed by atoms with van der Waals surface area (Å²) in [5.41, 5.74) is 3.62. The van der Waals surface area contributed by atoms with E-state index in [2.05, 4.69) is 10.3 Å². The number of amides is 2. The number of benzene rings is 1. The number of aromatic nitrogens is 1. The molecule has 6 heteroatoms. The molecule has 0 saturated carbocycles. The molecule has 1 aliphatic heterocycles. The van der Waals surface area contributed by atoms with Gasteiger partial charge in [-0.25, -0.2) is 0 Å². The van der Waals surface area contributed by atoms with Crippen molar-refractivity contribution in [2.75, 3.05) is 11.9 Å². The Bertz CT molecular complexity index is 839. The van der Waals surface area contributed by atoms with Crippen LogP contribution in [0.4, 0.5) is 5.69 Å². The quantitative estimate of drug-likeness (QED) is 0.821. The van der Waals surface area contributed by atoms with Crippen LogP contribution in [0.3, 0.4) is 0 Å². The van der Waals surface area contributed by atoms with Crippen LogP contribution in [0, 0.1) is 5.92 Å². The molecule has 1 saturated heterocycles. The van der Waals surface area contributed by atoms with Gasteiger partial charge in [-0.15, -0.1) is 0 Å². The van der Waals surface area contributed by atoms with Gasteiger partial charge in [-0.1, -0.05) is 37.6 Å². The topological polar surface area (TPSA) is 62.3 Å². The number of carbonyl (C=O) groups excluding carboxylic acids is 2. The molecule has 27 heavy (non-hydrogen) atoms. The monoisotopic (exact) mass is 385 g/mol. The summed E-state index contributed by atoms with van der Waals surface area (Å²) in [4.78, 5) is 31.2. The summed E-state index contributed by atoms with van der Waals surface area (Å²) in [6, 6.07) is 9.44. The summed E-state index contributed by atoms with van der Waals surface area (Å²) in [5.74, 6) is -0.508. The number of nitrogens with one attached hydrogen (secondary N) is 1. The molecule has 1 N–H and O–H groups in total. The van der Waals surface area contributed by atoms with Crippen molar-refractivity contribution >= 4 is 29.1 Å². The maximum atomic E-state index is 12.9. The number of pyridine rings is 1. The predicted octanol–water partition coefficient (Wildman–Crippen LogP) is 3.85. The molecule has 142 valence electrons. The van der Waals surface area contributed by atoms with Crippen molar-refractivity contribution in [1.82, 2.24) is 9.88 Å². The highest BCUT2D eigenvalue weighted by molar-refractivity contribution is 6.32. The van der Waals surface area contributed by atoms with Crippen molar-refractivity contribution in [3.8, 4) is 0 Å². The van der Waals surface area contributed by atoms with Crippen molar-refractivity contribution in [2.24, 2.45) is 5.92 Å². The van der Waals surface area contributed by atoms with Crippen LogP contribution in [0.1, 0.15) is 37.1 Å². The number of anilines is 1. The maximum Gasteiger partial charge on any atom is 0.229 e. The molecule has 0 spiro atoms. The van der Waals surface area contributed by atoms with Crippen LogP contribution < -0.4 is 5.32 Å². The van der Waals surface area contributed by atoms with Crippen LogP contribution in [-0.4, -0.2) is 28.2 Å². The van der Waals surface area contributed by atoms with E-state index in [4.69, 9.17) is 11.6 Å². The highest BCUT2D eigenvalue weighted by Crippen LogP contribution is 2.31. The number of hydrogen-bond donors (Lipinski definition) is 1. The average Bonchev–Trinajstić information content (AvgIpc) is 3.03. The van der Waals surface area contributed by atoms with Crippen molar-refractivity contribution < 1.29 is 9.59 Å². The SMILES string of the molecule is CCc1ccc(Cl)c(CC)c1NC(=O)[C@@H]1CC(=O)N(Cc2ccccn2)C1. The first kappa shape index (κ1) is 19.4. The van der Waals surface area contributed by atoms with E-state index < -0.39 is 0 Å². The zero-order valence-corrected chi connectivity index (χ0v) is 16.4. The first-order valence-electron chi connectivity index (χ1n) is 9.32. The molecule has 0 unspecified atom stereocenters. The van der Waals surface area contributed by atoms with Gasteiger partial charge in [-0.3, -0.25) is 14.6 Å². The van der Waals surface area contributed by atoms with Crippen LogP contribution in [0.25, 0.3) is 0 Å². The van der Waals surface area contributed by atoms with Gasteiger partial charge in [0.15, 0.2) is 0 Å². The molecule has 0 bridgehead atoms. The van der Waals surface area contributed by atoms with E-state index in [9.17, 15) is 9.59 Å². The van der Waals surface area contributed by atoms with Gasteiger partial charge in [0.2, 0.25) is 11.8 Å². The fraction of sp³-hybridized carbons (Fsp3) is 0.381. The zero-order chi connectivity index (χ0) is 19.4. The predicted molar refractivity (Wildman–Crippen MR) is 107 cm³/mol. The maximum absolute atomic E-state index is 12.9. The van der Waals surface area contributed by atoms with E-state index in [0.717, 1.165) is 35.3 Å². The average molecular weight is 386 g/mol. The lowest BCUT2D eigenvalue weighted by Crippen LogP contribution is -2.28. The van der Waals surface area contributed by atoms with Gasteiger partial charge in [0.25, 0.3) is 0 Å². The third-order valence-electron chi connectivity index (χ3n) is 4.99. The van der Waals surface area contributed by atoms with Gasteiger partial charge in [0.1, 0.15) is 0 Å². The molecule has 2 heterocycles. The molecule has 1 aromatic carbocycles. The largest absolute Gasteiger partial charge is 0.336 e. The number of carbonyl (C=O) groups is 2. The molecule has 0 radical (unpaired) electrons. The summed E-state index contributed by atoms with van der Waals surface area (Å²) < 4.78 is 0. The standard InChI is InChI=1S/C21H24ClN3O2/c1-3-14-8-9-18(22)17(4-2)20(14)24-21(27)15-11-19(26)25(12-15)13-16-7-5-6-10-23-16/h5-10,15H,3-4,11-13H2,1-2H3,(H,24,27)/t15-/m1/s1. The molecule has 1 fully saturated rings. The third-order valence-corrected chi connectivity index (χ3v) is 5.34. The normalized spacial score (nSPS) is 16.6. The van der Waals surface area contributed by atoms with Gasteiger partial charge < -0.3 is 10.2 Å². The molecule has 2 amide bonds. The van der Waals surface area contributed by atoms with Gasteiger partial charge >= 0.3 is 0 Å². The number of nitrogens with zero attached hydrogens (tertiary/aromatic N) is 2. The second-order valence-electron chi connectivity index (χ2n) is 6.75. The van der Waals surface area contributed by atoms with Gasteiger partial charge in [0, 0.05) is 29.9 Å². The van der Waals surface area contributed by atoms with Gasteiger partial charge in [-0.05, 0) is 42.2 Å². The molecule has 1 aliphatic rings. The lowest BCUT2D eigenvalue weighted by molar-refractivity contribution is -0.128. The first-order valence-corrected chi connectivity index (χ1v) is 9.70. The van der Waals surface area contributed by atoms with Crippen molar-refractivity contribution in [1.29, 1.82) is 0 Å². The lowest BCUT2D eigenvalue weighted by atomic mass is 10.0. The van der Waals surface area contributed by atoms with Gasteiger partial charge in [-0.2, -0.15) is 0 Å². The summed E-state index contributed by atoms with van der Waals surface area (Å²) in [6.07, 6.45) is 3.47. The minimum Gasteiger partial charge on any atom is -0.336 e. The fourth-order valence-electron chi connectivity index (χ4n) is 3.48.